The summed E-state index contributed by atoms with van der Waals surface area (Å²) in [5, 5.41) is 3.42. The lowest BCUT2D eigenvalue weighted by molar-refractivity contribution is 0.594. The lowest BCUT2D eigenvalue weighted by atomic mass is 10.1. The largest absolute Gasteiger partial charge is 0.369 e. The van der Waals surface area contributed by atoms with Crippen molar-refractivity contribution < 1.29 is 0 Å². The highest BCUT2D eigenvalue weighted by Gasteiger charge is 2.13. The maximum absolute atomic E-state index is 4.47. The minimum Gasteiger partial charge on any atom is -0.369 e. The fraction of sp³-hybridized carbons (Fsp3) is 0.706. The Kier molecular flexibility index (Phi) is 8.28. The Morgan fingerprint density at radius 2 is 2.05 bits per heavy atom. The molecule has 20 heavy (non-hydrogen) atoms. The molecule has 1 N–H and O–H groups in total. The van der Waals surface area contributed by atoms with Crippen molar-refractivity contribution in [3.63, 3.8) is 0 Å². The van der Waals surface area contributed by atoms with Crippen LogP contribution in [0.2, 0.25) is 0 Å². The van der Waals surface area contributed by atoms with Gasteiger partial charge in [0.05, 0.1) is 5.69 Å². The number of hydrogen-bond donors (Lipinski definition) is 1. The Morgan fingerprint density at radius 1 is 1.25 bits per heavy atom. The van der Waals surface area contributed by atoms with Crippen molar-refractivity contribution >= 4 is 5.69 Å². The van der Waals surface area contributed by atoms with Gasteiger partial charge >= 0.3 is 0 Å². The zero-order chi connectivity index (χ0) is 14.8. The van der Waals surface area contributed by atoms with Crippen LogP contribution in [0, 0.1) is 0 Å². The Bertz CT molecular complexity index is 365. The SMILES string of the molecule is CCCCN(c1ccnc(CNCCC)c1)C(C)CC. The maximum atomic E-state index is 4.47. The second-order valence-electron chi connectivity index (χ2n) is 5.49. The van der Waals surface area contributed by atoms with Crippen molar-refractivity contribution in [2.45, 2.75) is 66.0 Å². The topological polar surface area (TPSA) is 28.2 Å². The normalized spacial score (nSPS) is 12.4. The summed E-state index contributed by atoms with van der Waals surface area (Å²) in [7, 11) is 0. The van der Waals surface area contributed by atoms with Gasteiger partial charge < -0.3 is 10.2 Å². The first-order valence-electron chi connectivity index (χ1n) is 8.15. The number of nitrogens with zero attached hydrogens (tertiary/aromatic N) is 2. The molecule has 0 saturated heterocycles. The first-order valence-corrected chi connectivity index (χ1v) is 8.15. The summed E-state index contributed by atoms with van der Waals surface area (Å²) >= 11 is 0. The van der Waals surface area contributed by atoms with Gasteiger partial charge in [0.15, 0.2) is 0 Å². The van der Waals surface area contributed by atoms with Crippen LogP contribution in [0.25, 0.3) is 0 Å². The molecule has 3 heteroatoms. The molecule has 0 aliphatic rings. The number of nitrogens with one attached hydrogen (secondary N) is 1. The van der Waals surface area contributed by atoms with E-state index in [2.05, 4.69) is 55.0 Å². The molecule has 1 atom stereocenters. The van der Waals surface area contributed by atoms with Crippen LogP contribution in [0.3, 0.4) is 0 Å². The summed E-state index contributed by atoms with van der Waals surface area (Å²) < 4.78 is 0. The molecule has 114 valence electrons. The van der Waals surface area contributed by atoms with E-state index in [-0.39, 0.29) is 0 Å². The van der Waals surface area contributed by atoms with Crippen molar-refractivity contribution in [2.75, 3.05) is 18.0 Å². The molecule has 3 nitrogen and oxygen atoms in total. The van der Waals surface area contributed by atoms with E-state index in [4.69, 9.17) is 0 Å². The average molecular weight is 277 g/mol. The second-order valence-corrected chi connectivity index (χ2v) is 5.49. The van der Waals surface area contributed by atoms with E-state index < -0.39 is 0 Å². The molecular formula is C17H31N3. The van der Waals surface area contributed by atoms with E-state index in [0.29, 0.717) is 6.04 Å². The van der Waals surface area contributed by atoms with Gasteiger partial charge in [0.25, 0.3) is 0 Å². The number of anilines is 1. The lowest BCUT2D eigenvalue weighted by Gasteiger charge is -2.31. The van der Waals surface area contributed by atoms with Gasteiger partial charge in [-0.15, -0.1) is 0 Å². The molecule has 1 aromatic rings. The van der Waals surface area contributed by atoms with Crippen LogP contribution in [0.4, 0.5) is 5.69 Å². The highest BCUT2D eigenvalue weighted by atomic mass is 15.2. The smallest absolute Gasteiger partial charge is 0.0562 e. The number of hydrogen-bond acceptors (Lipinski definition) is 3. The van der Waals surface area contributed by atoms with Gasteiger partial charge in [-0.2, -0.15) is 0 Å². The first-order chi connectivity index (χ1) is 9.72. The molecule has 0 amide bonds. The third kappa shape index (κ3) is 5.49. The molecule has 0 radical (unpaired) electrons. The maximum Gasteiger partial charge on any atom is 0.0562 e. The van der Waals surface area contributed by atoms with Gasteiger partial charge in [-0.25, -0.2) is 0 Å². The summed E-state index contributed by atoms with van der Waals surface area (Å²) in [4.78, 5) is 6.99. The quantitative estimate of drug-likeness (QED) is 0.656. The monoisotopic (exact) mass is 277 g/mol. The molecule has 1 aromatic heterocycles. The van der Waals surface area contributed by atoms with Crippen molar-refractivity contribution in [3.8, 4) is 0 Å². The van der Waals surface area contributed by atoms with E-state index in [9.17, 15) is 0 Å². The van der Waals surface area contributed by atoms with Crippen molar-refractivity contribution in [3.05, 3.63) is 24.0 Å². The lowest BCUT2D eigenvalue weighted by Crippen LogP contribution is -2.33. The highest BCUT2D eigenvalue weighted by molar-refractivity contribution is 5.47. The summed E-state index contributed by atoms with van der Waals surface area (Å²) in [6, 6.07) is 4.97. The van der Waals surface area contributed by atoms with E-state index in [1.807, 2.05) is 6.20 Å². The van der Waals surface area contributed by atoms with Gasteiger partial charge in [0.2, 0.25) is 0 Å². The van der Waals surface area contributed by atoms with Gasteiger partial charge in [-0.05, 0) is 44.9 Å². The molecule has 0 saturated carbocycles. The molecule has 1 heterocycles. The van der Waals surface area contributed by atoms with E-state index in [1.54, 1.807) is 0 Å². The molecule has 1 unspecified atom stereocenters. The minimum absolute atomic E-state index is 0.584. The third-order valence-corrected chi connectivity index (χ3v) is 3.74. The molecule has 0 fully saturated rings. The van der Waals surface area contributed by atoms with Crippen molar-refractivity contribution in [2.24, 2.45) is 0 Å². The van der Waals surface area contributed by atoms with Crippen LogP contribution in [0.15, 0.2) is 18.3 Å². The second kappa shape index (κ2) is 9.76. The van der Waals surface area contributed by atoms with Crippen LogP contribution < -0.4 is 10.2 Å². The molecular weight excluding hydrogens is 246 g/mol. The first kappa shape index (κ1) is 17.0. The molecule has 0 aliphatic heterocycles. The summed E-state index contributed by atoms with van der Waals surface area (Å²) in [6.45, 7) is 12.1. The fourth-order valence-corrected chi connectivity index (χ4v) is 2.29. The summed E-state index contributed by atoms with van der Waals surface area (Å²) in [6.07, 6.45) is 6.77. The van der Waals surface area contributed by atoms with Crippen LogP contribution in [-0.2, 0) is 6.54 Å². The third-order valence-electron chi connectivity index (χ3n) is 3.74. The van der Waals surface area contributed by atoms with Gasteiger partial charge in [-0.1, -0.05) is 27.2 Å². The van der Waals surface area contributed by atoms with Crippen LogP contribution >= 0.6 is 0 Å². The predicted octanol–water partition coefficient (Wildman–Crippen LogP) is 3.99. The van der Waals surface area contributed by atoms with Gasteiger partial charge in [0.1, 0.15) is 0 Å². The Hall–Kier alpha value is -1.09. The Balaban J connectivity index is 2.76. The van der Waals surface area contributed by atoms with Crippen LogP contribution in [0.5, 0.6) is 0 Å². The molecule has 0 spiro atoms. The van der Waals surface area contributed by atoms with Gasteiger partial charge in [-0.3, -0.25) is 4.98 Å². The minimum atomic E-state index is 0.584. The number of unbranched alkanes of at least 4 members (excludes halogenated alkanes) is 1. The van der Waals surface area contributed by atoms with Crippen LogP contribution in [-0.4, -0.2) is 24.1 Å². The Morgan fingerprint density at radius 3 is 2.70 bits per heavy atom. The van der Waals surface area contributed by atoms with Crippen LogP contribution in [0.1, 0.15) is 59.1 Å². The zero-order valence-electron chi connectivity index (χ0n) is 13.7. The summed E-state index contributed by atoms with van der Waals surface area (Å²) in [5.41, 5.74) is 2.46. The number of aromatic nitrogens is 1. The Labute approximate surface area is 124 Å². The van der Waals surface area contributed by atoms with E-state index in [1.165, 1.54) is 24.9 Å². The molecule has 1 rings (SSSR count). The van der Waals surface area contributed by atoms with Gasteiger partial charge in [0, 0.05) is 31.0 Å². The van der Waals surface area contributed by atoms with Crippen molar-refractivity contribution in [1.29, 1.82) is 0 Å². The molecule has 0 bridgehead atoms. The number of rotatable bonds is 10. The van der Waals surface area contributed by atoms with E-state index in [0.717, 1.165) is 31.7 Å². The zero-order valence-corrected chi connectivity index (χ0v) is 13.7. The average Bonchev–Trinajstić information content (AvgIpc) is 2.48. The highest BCUT2D eigenvalue weighted by Crippen LogP contribution is 2.19. The number of pyridine rings is 1. The standard InChI is InChI=1S/C17H31N3/c1-5-8-12-20(15(4)7-3)17-9-11-19-16(13-17)14-18-10-6-2/h9,11,13,15,18H,5-8,10,12,14H2,1-4H3. The van der Waals surface area contributed by atoms with E-state index >= 15 is 0 Å². The predicted molar refractivity (Wildman–Crippen MR) is 88.2 cm³/mol. The summed E-state index contributed by atoms with van der Waals surface area (Å²) in [5.74, 6) is 0. The fourth-order valence-electron chi connectivity index (χ4n) is 2.29. The molecule has 0 aliphatic carbocycles. The van der Waals surface area contributed by atoms with Crippen molar-refractivity contribution in [1.82, 2.24) is 10.3 Å². The molecule has 0 aromatic carbocycles.